The molecule has 0 bridgehead atoms. The van der Waals surface area contributed by atoms with E-state index in [1.807, 2.05) is 7.05 Å². The van der Waals surface area contributed by atoms with Crippen molar-refractivity contribution in [2.75, 3.05) is 13.6 Å². The number of aryl methyl sites for hydroxylation is 3. The van der Waals surface area contributed by atoms with Crippen molar-refractivity contribution in [2.45, 2.75) is 27.2 Å². The third kappa shape index (κ3) is 2.32. The van der Waals surface area contributed by atoms with Crippen LogP contribution in [-0.4, -0.2) is 18.6 Å². The third-order valence-corrected chi connectivity index (χ3v) is 3.40. The summed E-state index contributed by atoms with van der Waals surface area (Å²) in [5.74, 6) is 0. The first-order chi connectivity index (χ1) is 8.13. The van der Waals surface area contributed by atoms with Gasteiger partial charge in [-0.2, -0.15) is 0 Å². The molecule has 0 amide bonds. The third-order valence-electron chi connectivity index (χ3n) is 3.40. The second kappa shape index (κ2) is 4.84. The van der Waals surface area contributed by atoms with Gasteiger partial charge in [-0.05, 0) is 50.6 Å². The van der Waals surface area contributed by atoms with Gasteiger partial charge >= 0.3 is 0 Å². The maximum atomic E-state index is 4.79. The molecule has 1 aromatic heterocycles. The highest BCUT2D eigenvalue weighted by atomic mass is 14.8. The van der Waals surface area contributed by atoms with Crippen molar-refractivity contribution in [3.8, 4) is 0 Å². The normalized spacial score (nSPS) is 11.1. The van der Waals surface area contributed by atoms with Crippen molar-refractivity contribution in [1.82, 2.24) is 10.3 Å². The van der Waals surface area contributed by atoms with Gasteiger partial charge < -0.3 is 5.32 Å². The Morgan fingerprint density at radius 2 is 1.88 bits per heavy atom. The highest BCUT2D eigenvalue weighted by molar-refractivity contribution is 5.85. The zero-order chi connectivity index (χ0) is 12.4. The molecular formula is C15H20N2. The molecule has 1 aromatic carbocycles. The molecule has 2 aromatic rings. The molecule has 17 heavy (non-hydrogen) atoms. The molecule has 0 aliphatic rings. The van der Waals surface area contributed by atoms with E-state index in [0.717, 1.165) is 18.5 Å². The van der Waals surface area contributed by atoms with E-state index < -0.39 is 0 Å². The zero-order valence-electron chi connectivity index (χ0n) is 11.1. The molecule has 90 valence electrons. The van der Waals surface area contributed by atoms with E-state index in [2.05, 4.69) is 44.3 Å². The predicted molar refractivity (Wildman–Crippen MR) is 73.6 cm³/mol. The molecule has 0 unspecified atom stereocenters. The van der Waals surface area contributed by atoms with Crippen LogP contribution in [0.25, 0.3) is 10.9 Å². The van der Waals surface area contributed by atoms with E-state index in [4.69, 9.17) is 4.98 Å². The van der Waals surface area contributed by atoms with Crippen LogP contribution in [0.5, 0.6) is 0 Å². The number of aromatic nitrogens is 1. The predicted octanol–water partition coefficient (Wildman–Crippen LogP) is 2.92. The standard InChI is InChI=1S/C15H20N2/c1-10-5-6-14-11(2)9-13(7-8-16-4)17-15(14)12(10)3/h5-6,9,16H,7-8H2,1-4H3. The van der Waals surface area contributed by atoms with E-state index in [1.165, 1.54) is 27.8 Å². The molecule has 2 rings (SSSR count). The van der Waals surface area contributed by atoms with E-state index in [-0.39, 0.29) is 0 Å². The Kier molecular flexibility index (Phi) is 3.43. The minimum absolute atomic E-state index is 0.975. The van der Waals surface area contributed by atoms with E-state index in [9.17, 15) is 0 Å². The summed E-state index contributed by atoms with van der Waals surface area (Å²) in [5.41, 5.74) is 6.28. The minimum Gasteiger partial charge on any atom is -0.319 e. The number of rotatable bonds is 3. The molecule has 0 radical (unpaired) electrons. The summed E-state index contributed by atoms with van der Waals surface area (Å²) >= 11 is 0. The number of fused-ring (bicyclic) bond motifs is 1. The van der Waals surface area contributed by atoms with Crippen LogP contribution < -0.4 is 5.32 Å². The highest BCUT2D eigenvalue weighted by Crippen LogP contribution is 2.23. The Morgan fingerprint density at radius 3 is 2.59 bits per heavy atom. The lowest BCUT2D eigenvalue weighted by Gasteiger charge is -2.10. The van der Waals surface area contributed by atoms with Crippen molar-refractivity contribution in [1.29, 1.82) is 0 Å². The summed E-state index contributed by atoms with van der Waals surface area (Å²) in [7, 11) is 1.98. The van der Waals surface area contributed by atoms with E-state index in [0.29, 0.717) is 0 Å². The van der Waals surface area contributed by atoms with E-state index in [1.54, 1.807) is 0 Å². The van der Waals surface area contributed by atoms with Gasteiger partial charge in [0.05, 0.1) is 5.52 Å². The summed E-state index contributed by atoms with van der Waals surface area (Å²) in [4.78, 5) is 4.79. The van der Waals surface area contributed by atoms with Gasteiger partial charge in [-0.25, -0.2) is 0 Å². The van der Waals surface area contributed by atoms with Gasteiger partial charge in [0.2, 0.25) is 0 Å². The molecule has 1 N–H and O–H groups in total. The quantitative estimate of drug-likeness (QED) is 0.873. The summed E-state index contributed by atoms with van der Waals surface area (Å²) in [6.45, 7) is 7.45. The summed E-state index contributed by atoms with van der Waals surface area (Å²) < 4.78 is 0. The van der Waals surface area contributed by atoms with Crippen molar-refractivity contribution in [2.24, 2.45) is 0 Å². The van der Waals surface area contributed by atoms with Crippen molar-refractivity contribution >= 4 is 10.9 Å². The lowest BCUT2D eigenvalue weighted by atomic mass is 10.0. The van der Waals surface area contributed by atoms with Crippen LogP contribution in [-0.2, 0) is 6.42 Å². The Bertz CT molecular complexity index is 544. The Morgan fingerprint density at radius 1 is 1.12 bits per heavy atom. The molecule has 2 heteroatoms. The maximum absolute atomic E-state index is 4.79. The first-order valence-corrected chi connectivity index (χ1v) is 6.14. The Labute approximate surface area is 103 Å². The van der Waals surface area contributed by atoms with Gasteiger partial charge in [-0.15, -0.1) is 0 Å². The summed E-state index contributed by atoms with van der Waals surface area (Å²) in [6, 6.07) is 6.57. The smallest absolute Gasteiger partial charge is 0.0739 e. The lowest BCUT2D eigenvalue weighted by Crippen LogP contribution is -2.11. The first kappa shape index (κ1) is 12.1. The number of likely N-dealkylation sites (N-methyl/N-ethyl adjacent to an activating group) is 1. The number of pyridine rings is 1. The van der Waals surface area contributed by atoms with Crippen molar-refractivity contribution < 1.29 is 0 Å². The van der Waals surface area contributed by atoms with Gasteiger partial charge in [0.15, 0.2) is 0 Å². The number of hydrogen-bond donors (Lipinski definition) is 1. The average molecular weight is 228 g/mol. The second-order valence-electron chi connectivity index (χ2n) is 4.69. The Balaban J connectivity index is 2.58. The van der Waals surface area contributed by atoms with Crippen LogP contribution in [0.15, 0.2) is 18.2 Å². The van der Waals surface area contributed by atoms with Gasteiger partial charge in [-0.1, -0.05) is 12.1 Å². The SMILES string of the molecule is CNCCc1cc(C)c2ccc(C)c(C)c2n1. The van der Waals surface area contributed by atoms with Gasteiger partial charge in [0, 0.05) is 24.0 Å². The molecule has 0 atom stereocenters. The molecule has 0 fully saturated rings. The number of nitrogens with one attached hydrogen (secondary N) is 1. The van der Waals surface area contributed by atoms with Crippen molar-refractivity contribution in [3.05, 3.63) is 40.6 Å². The molecule has 1 heterocycles. The second-order valence-corrected chi connectivity index (χ2v) is 4.69. The minimum atomic E-state index is 0.975. The highest BCUT2D eigenvalue weighted by Gasteiger charge is 2.06. The number of nitrogens with zero attached hydrogens (tertiary/aromatic N) is 1. The zero-order valence-corrected chi connectivity index (χ0v) is 11.1. The molecular weight excluding hydrogens is 208 g/mol. The average Bonchev–Trinajstić information content (AvgIpc) is 2.32. The largest absolute Gasteiger partial charge is 0.319 e. The Hall–Kier alpha value is -1.41. The summed E-state index contributed by atoms with van der Waals surface area (Å²) in [6.07, 6.45) is 0.987. The van der Waals surface area contributed by atoms with Crippen LogP contribution in [0.2, 0.25) is 0 Å². The fourth-order valence-electron chi connectivity index (χ4n) is 2.15. The van der Waals surface area contributed by atoms with Crippen molar-refractivity contribution in [3.63, 3.8) is 0 Å². The molecule has 0 saturated heterocycles. The summed E-state index contributed by atoms with van der Waals surface area (Å²) in [5, 5.41) is 4.45. The maximum Gasteiger partial charge on any atom is 0.0739 e. The van der Waals surface area contributed by atoms with Crippen LogP contribution in [0.4, 0.5) is 0 Å². The first-order valence-electron chi connectivity index (χ1n) is 6.14. The molecule has 0 spiro atoms. The molecule has 0 saturated carbocycles. The number of benzene rings is 1. The molecule has 0 aliphatic carbocycles. The lowest BCUT2D eigenvalue weighted by molar-refractivity contribution is 0.778. The molecule has 0 aliphatic heterocycles. The van der Waals surface area contributed by atoms with Gasteiger partial charge in [0.1, 0.15) is 0 Å². The van der Waals surface area contributed by atoms with Gasteiger partial charge in [0.25, 0.3) is 0 Å². The van der Waals surface area contributed by atoms with Crippen LogP contribution in [0.1, 0.15) is 22.4 Å². The van der Waals surface area contributed by atoms with Crippen LogP contribution in [0, 0.1) is 20.8 Å². The topological polar surface area (TPSA) is 24.9 Å². The monoisotopic (exact) mass is 228 g/mol. The fraction of sp³-hybridized carbons (Fsp3) is 0.400. The fourth-order valence-corrected chi connectivity index (χ4v) is 2.15. The van der Waals surface area contributed by atoms with E-state index >= 15 is 0 Å². The van der Waals surface area contributed by atoms with Crippen LogP contribution >= 0.6 is 0 Å². The van der Waals surface area contributed by atoms with Gasteiger partial charge in [-0.3, -0.25) is 4.98 Å². The van der Waals surface area contributed by atoms with Crippen LogP contribution in [0.3, 0.4) is 0 Å². The number of hydrogen-bond acceptors (Lipinski definition) is 2. The molecule has 2 nitrogen and oxygen atoms in total.